The van der Waals surface area contributed by atoms with E-state index in [1.165, 1.54) is 24.3 Å². The molecule has 0 aromatic rings. The number of thiol groups is 1. The largest absolute Gasteiger partial charge is 0.168 e. The summed E-state index contributed by atoms with van der Waals surface area (Å²) < 4.78 is 2.24. The van der Waals surface area contributed by atoms with Crippen molar-refractivity contribution < 1.29 is 0 Å². The zero-order valence-electron chi connectivity index (χ0n) is 10.9. The molecule has 0 aliphatic carbocycles. The molecule has 0 aromatic carbocycles. The Morgan fingerprint density at radius 1 is 1.26 bits per heavy atom. The highest BCUT2D eigenvalue weighted by molar-refractivity contribution is 8.37. The van der Waals surface area contributed by atoms with Gasteiger partial charge in [0, 0.05) is 16.6 Å². The lowest BCUT2D eigenvalue weighted by Crippen LogP contribution is -2.14. The zero-order chi connectivity index (χ0) is 13.5. The molecule has 0 saturated carbocycles. The molecule has 2 aliphatic heterocycles. The Morgan fingerprint density at radius 2 is 1.95 bits per heavy atom. The van der Waals surface area contributed by atoms with Crippen molar-refractivity contribution in [3.8, 4) is 0 Å². The van der Waals surface area contributed by atoms with Gasteiger partial charge in [-0.15, -0.1) is 70.6 Å². The average molecular weight is 389 g/mol. The summed E-state index contributed by atoms with van der Waals surface area (Å²) >= 11 is 16.9. The first kappa shape index (κ1) is 17.5. The molecule has 110 valence electrons. The van der Waals surface area contributed by atoms with Crippen LogP contribution in [0.3, 0.4) is 0 Å². The van der Waals surface area contributed by atoms with Crippen molar-refractivity contribution in [1.29, 1.82) is 0 Å². The minimum absolute atomic E-state index is 0.713. The standard InChI is InChI=1S/C12H20S7/c1-9(2-3-10-14-4-5-15-10)11(18-8-13)19-12-16-6-7-17-12/h4-5,9-13H,2-3,6-8H2,1H3. The summed E-state index contributed by atoms with van der Waals surface area (Å²) in [6.45, 7) is 2.43. The highest BCUT2D eigenvalue weighted by Gasteiger charge is 2.26. The van der Waals surface area contributed by atoms with Crippen LogP contribution in [-0.2, 0) is 0 Å². The van der Waals surface area contributed by atoms with Gasteiger partial charge in [0.2, 0.25) is 0 Å². The lowest BCUT2D eigenvalue weighted by Gasteiger charge is -2.25. The summed E-state index contributed by atoms with van der Waals surface area (Å²) in [6, 6.07) is 0. The topological polar surface area (TPSA) is 0 Å². The molecule has 19 heavy (non-hydrogen) atoms. The monoisotopic (exact) mass is 388 g/mol. The second kappa shape index (κ2) is 10.1. The molecule has 0 bridgehead atoms. The van der Waals surface area contributed by atoms with Gasteiger partial charge < -0.3 is 0 Å². The minimum Gasteiger partial charge on any atom is -0.168 e. The number of thioether (sulfide) groups is 6. The van der Waals surface area contributed by atoms with Crippen molar-refractivity contribution in [3.63, 3.8) is 0 Å². The highest BCUT2D eigenvalue weighted by atomic mass is 32.3. The molecule has 2 heterocycles. The van der Waals surface area contributed by atoms with E-state index in [0.29, 0.717) is 4.58 Å². The van der Waals surface area contributed by atoms with Gasteiger partial charge in [-0.2, -0.15) is 12.6 Å². The van der Waals surface area contributed by atoms with Crippen LogP contribution in [0.15, 0.2) is 10.8 Å². The quantitative estimate of drug-likeness (QED) is 0.390. The van der Waals surface area contributed by atoms with Crippen LogP contribution in [0, 0.1) is 5.92 Å². The molecule has 0 nitrogen and oxygen atoms in total. The third-order valence-corrected chi connectivity index (χ3v) is 12.5. The predicted octanol–water partition coefficient (Wildman–Crippen LogP) is 6.12. The van der Waals surface area contributed by atoms with Crippen LogP contribution in [0.5, 0.6) is 0 Å². The first-order valence-corrected chi connectivity index (χ1v) is 13.0. The van der Waals surface area contributed by atoms with E-state index < -0.39 is 0 Å². The van der Waals surface area contributed by atoms with Crippen molar-refractivity contribution in [1.82, 2.24) is 0 Å². The minimum atomic E-state index is 0.713. The van der Waals surface area contributed by atoms with Gasteiger partial charge in [-0.25, -0.2) is 0 Å². The summed E-state index contributed by atoms with van der Waals surface area (Å²) in [5, 5.41) is 5.42. The van der Waals surface area contributed by atoms with Crippen molar-refractivity contribution in [2.45, 2.75) is 32.8 Å². The third kappa shape index (κ3) is 6.45. The van der Waals surface area contributed by atoms with E-state index in [2.05, 4.69) is 65.7 Å². The Labute approximate surface area is 148 Å². The number of hydrogen-bond donors (Lipinski definition) is 1. The molecule has 0 radical (unpaired) electrons. The molecule has 7 heteroatoms. The maximum atomic E-state index is 4.42. The fourth-order valence-electron chi connectivity index (χ4n) is 1.88. The second-order valence-corrected chi connectivity index (χ2v) is 13.6. The van der Waals surface area contributed by atoms with Gasteiger partial charge >= 0.3 is 0 Å². The van der Waals surface area contributed by atoms with Crippen molar-refractivity contribution >= 4 is 83.2 Å². The van der Waals surface area contributed by atoms with Crippen LogP contribution in [0.1, 0.15) is 19.8 Å². The van der Waals surface area contributed by atoms with E-state index in [4.69, 9.17) is 0 Å². The summed E-state index contributed by atoms with van der Waals surface area (Å²) in [4.78, 5) is 0. The SMILES string of the molecule is CC(CCC1SC=CS1)C(SCS)SC1SCCS1. The van der Waals surface area contributed by atoms with Crippen LogP contribution in [-0.4, -0.2) is 29.7 Å². The fraction of sp³-hybridized carbons (Fsp3) is 0.833. The molecule has 1 saturated heterocycles. The molecule has 1 fully saturated rings. The van der Waals surface area contributed by atoms with Crippen LogP contribution in [0.2, 0.25) is 0 Å². The molecular formula is C12H20S7. The Morgan fingerprint density at radius 3 is 2.58 bits per heavy atom. The van der Waals surface area contributed by atoms with Crippen LogP contribution in [0.25, 0.3) is 0 Å². The van der Waals surface area contributed by atoms with Crippen LogP contribution < -0.4 is 0 Å². The average Bonchev–Trinajstić information content (AvgIpc) is 3.08. The van der Waals surface area contributed by atoms with Gasteiger partial charge in [0.15, 0.2) is 0 Å². The second-order valence-electron chi connectivity index (χ2n) is 4.36. The highest BCUT2D eigenvalue weighted by Crippen LogP contribution is 2.47. The maximum Gasteiger partial charge on any atom is 0.0967 e. The van der Waals surface area contributed by atoms with E-state index in [9.17, 15) is 0 Å². The zero-order valence-corrected chi connectivity index (χ0v) is 16.7. The molecular weight excluding hydrogens is 369 g/mol. The third-order valence-electron chi connectivity index (χ3n) is 2.91. The lowest BCUT2D eigenvalue weighted by molar-refractivity contribution is 0.565. The molecule has 2 unspecified atom stereocenters. The molecule has 0 spiro atoms. The van der Waals surface area contributed by atoms with Crippen LogP contribution in [0.4, 0.5) is 0 Å². The van der Waals surface area contributed by atoms with Gasteiger partial charge in [0.05, 0.1) is 13.1 Å². The summed E-state index contributed by atoms with van der Waals surface area (Å²) in [6.07, 6.45) is 2.67. The molecule has 0 aromatic heterocycles. The van der Waals surface area contributed by atoms with Crippen molar-refractivity contribution in [3.05, 3.63) is 10.8 Å². The molecule has 0 amide bonds. The Kier molecular flexibility index (Phi) is 9.29. The van der Waals surface area contributed by atoms with E-state index in [1.54, 1.807) is 0 Å². The summed E-state index contributed by atoms with van der Waals surface area (Å²) in [5.74, 6) is 3.44. The van der Waals surface area contributed by atoms with Gasteiger partial charge in [0.25, 0.3) is 0 Å². The molecule has 0 N–H and O–H groups in total. The normalized spacial score (nSPS) is 24.1. The Balaban J connectivity index is 1.72. The van der Waals surface area contributed by atoms with Gasteiger partial charge in [-0.05, 0) is 29.6 Å². The maximum absolute atomic E-state index is 4.42. The van der Waals surface area contributed by atoms with Crippen molar-refractivity contribution in [2.24, 2.45) is 5.92 Å². The number of rotatable bonds is 8. The summed E-state index contributed by atoms with van der Waals surface area (Å²) in [5.41, 5.74) is 0. The van der Waals surface area contributed by atoms with E-state index in [0.717, 1.165) is 19.5 Å². The molecule has 2 aliphatic rings. The van der Waals surface area contributed by atoms with Gasteiger partial charge in [0.1, 0.15) is 0 Å². The van der Waals surface area contributed by atoms with Gasteiger partial charge in [-0.3, -0.25) is 0 Å². The van der Waals surface area contributed by atoms with Crippen LogP contribution >= 0.6 is 83.2 Å². The Bertz CT molecular complexity index is 269. The lowest BCUT2D eigenvalue weighted by atomic mass is 10.1. The van der Waals surface area contributed by atoms with Crippen molar-refractivity contribution in [2.75, 3.05) is 16.6 Å². The smallest absolute Gasteiger partial charge is 0.0967 e. The summed E-state index contributed by atoms with van der Waals surface area (Å²) in [7, 11) is 0. The van der Waals surface area contributed by atoms with E-state index >= 15 is 0 Å². The molecule has 2 atom stereocenters. The number of hydrogen-bond acceptors (Lipinski definition) is 7. The fourth-order valence-corrected chi connectivity index (χ4v) is 11.3. The molecule has 2 rings (SSSR count). The Hall–Kier alpha value is 2.19. The predicted molar refractivity (Wildman–Crippen MR) is 108 cm³/mol. The first-order valence-electron chi connectivity index (χ1n) is 6.36. The van der Waals surface area contributed by atoms with E-state index in [1.807, 2.05) is 35.3 Å². The first-order chi connectivity index (χ1) is 9.29. The van der Waals surface area contributed by atoms with E-state index in [-0.39, 0.29) is 0 Å². The van der Waals surface area contributed by atoms with Gasteiger partial charge in [-0.1, -0.05) is 6.92 Å².